The van der Waals surface area contributed by atoms with Crippen LogP contribution in [0.5, 0.6) is 0 Å². The molecule has 1 aliphatic rings. The molecule has 0 radical (unpaired) electrons. The minimum atomic E-state index is -0.0400. The molecule has 7 nitrogen and oxygen atoms in total. The normalized spacial score (nSPS) is 17.5. The fourth-order valence-electron chi connectivity index (χ4n) is 3.20. The van der Waals surface area contributed by atoms with Gasteiger partial charge in [-0.1, -0.05) is 6.07 Å². The van der Waals surface area contributed by atoms with Crippen molar-refractivity contribution in [2.45, 2.75) is 18.9 Å². The van der Waals surface area contributed by atoms with Crippen LogP contribution in [0.4, 0.5) is 0 Å². The maximum Gasteiger partial charge on any atom is 0.141 e. The summed E-state index contributed by atoms with van der Waals surface area (Å²) in [5.41, 5.74) is 3.62. The quantitative estimate of drug-likeness (QED) is 0.751. The molecule has 0 bridgehead atoms. The molecule has 4 rings (SSSR count). The number of rotatable bonds is 5. The summed E-state index contributed by atoms with van der Waals surface area (Å²) in [6.45, 7) is 2.23. The Kier molecular flexibility index (Phi) is 4.73. The number of carbonyl (C=O) groups excluding carboxylic acids is 1. The third-order valence-corrected chi connectivity index (χ3v) is 4.51. The van der Waals surface area contributed by atoms with Gasteiger partial charge in [-0.05, 0) is 23.8 Å². The van der Waals surface area contributed by atoms with E-state index in [-0.39, 0.29) is 18.3 Å². The Morgan fingerprint density at radius 2 is 2.23 bits per heavy atom. The average Bonchev–Trinajstić information content (AvgIpc) is 3.08. The molecular formula is C19H21N5O2. The molecule has 3 aromatic rings. The van der Waals surface area contributed by atoms with Gasteiger partial charge in [0.2, 0.25) is 0 Å². The minimum absolute atomic E-state index is 0.0400. The van der Waals surface area contributed by atoms with Crippen molar-refractivity contribution >= 4 is 16.7 Å². The van der Waals surface area contributed by atoms with Crippen LogP contribution in [0, 0.1) is 0 Å². The molecule has 1 unspecified atom stereocenters. The molecule has 1 saturated heterocycles. The van der Waals surface area contributed by atoms with Gasteiger partial charge in [-0.15, -0.1) is 0 Å². The molecule has 0 amide bonds. The fraction of sp³-hybridized carbons (Fsp3) is 0.368. The number of benzene rings is 1. The first-order valence-corrected chi connectivity index (χ1v) is 8.77. The molecular weight excluding hydrogens is 330 g/mol. The van der Waals surface area contributed by atoms with E-state index in [1.165, 1.54) is 0 Å². The maximum atomic E-state index is 12.3. The van der Waals surface area contributed by atoms with Crippen molar-refractivity contribution in [2.75, 3.05) is 19.7 Å². The summed E-state index contributed by atoms with van der Waals surface area (Å²) >= 11 is 0. The molecule has 1 atom stereocenters. The van der Waals surface area contributed by atoms with E-state index in [4.69, 9.17) is 4.74 Å². The van der Waals surface area contributed by atoms with E-state index >= 15 is 0 Å². The van der Waals surface area contributed by atoms with Crippen molar-refractivity contribution < 1.29 is 9.53 Å². The lowest BCUT2D eigenvalue weighted by atomic mass is 10.0. The van der Waals surface area contributed by atoms with Crippen LogP contribution < -0.4 is 5.32 Å². The zero-order valence-corrected chi connectivity index (χ0v) is 14.7. The first-order valence-electron chi connectivity index (χ1n) is 8.77. The lowest BCUT2D eigenvalue weighted by Gasteiger charge is -2.22. The third kappa shape index (κ3) is 3.79. The standard InChI is InChI=1S/C19H21N5O2/c1-24-12-15(10-21-24)13-2-3-19-14(6-13)7-16(22-23-19)8-17(25)9-18-11-20-4-5-26-18/h2-3,6-7,10,12,18,20H,4-5,8-9,11H2,1H3. The van der Waals surface area contributed by atoms with Gasteiger partial charge in [0.05, 0.1) is 36.5 Å². The van der Waals surface area contributed by atoms with Crippen molar-refractivity contribution in [2.24, 2.45) is 7.05 Å². The lowest BCUT2D eigenvalue weighted by Crippen LogP contribution is -2.39. The van der Waals surface area contributed by atoms with Crippen LogP contribution in [-0.4, -0.2) is 51.6 Å². The van der Waals surface area contributed by atoms with Crippen molar-refractivity contribution in [3.63, 3.8) is 0 Å². The summed E-state index contributed by atoms with van der Waals surface area (Å²) in [4.78, 5) is 12.3. The molecule has 0 saturated carbocycles. The van der Waals surface area contributed by atoms with E-state index in [1.807, 2.05) is 37.6 Å². The maximum absolute atomic E-state index is 12.3. The van der Waals surface area contributed by atoms with Gasteiger partial charge in [-0.3, -0.25) is 9.48 Å². The Hall–Kier alpha value is -2.64. The van der Waals surface area contributed by atoms with E-state index in [1.54, 1.807) is 4.68 Å². The van der Waals surface area contributed by atoms with Crippen LogP contribution >= 0.6 is 0 Å². The van der Waals surface area contributed by atoms with Gasteiger partial charge in [0.25, 0.3) is 0 Å². The summed E-state index contributed by atoms with van der Waals surface area (Å²) < 4.78 is 7.37. The van der Waals surface area contributed by atoms with Gasteiger partial charge in [-0.25, -0.2) is 0 Å². The number of ketones is 1. The molecule has 0 aliphatic carbocycles. The van der Waals surface area contributed by atoms with E-state index in [0.29, 0.717) is 18.7 Å². The SMILES string of the molecule is Cn1cc(-c2ccc3nnc(CC(=O)CC4CNCCO4)cc3c2)cn1. The number of Topliss-reactive ketones (excluding diaryl/α,β-unsaturated/α-hetero) is 1. The van der Waals surface area contributed by atoms with Crippen LogP contribution in [0.1, 0.15) is 12.1 Å². The number of nitrogens with zero attached hydrogens (tertiary/aromatic N) is 4. The summed E-state index contributed by atoms with van der Waals surface area (Å²) in [5, 5.41) is 16.9. The number of fused-ring (bicyclic) bond motifs is 1. The van der Waals surface area contributed by atoms with Crippen molar-refractivity contribution in [3.05, 3.63) is 42.4 Å². The number of carbonyl (C=O) groups is 1. The number of hydrogen-bond donors (Lipinski definition) is 1. The Morgan fingerprint density at radius 3 is 3.00 bits per heavy atom. The second kappa shape index (κ2) is 7.31. The van der Waals surface area contributed by atoms with Crippen LogP contribution in [-0.2, 0) is 23.0 Å². The van der Waals surface area contributed by atoms with E-state index in [0.717, 1.165) is 35.1 Å². The number of hydrogen-bond acceptors (Lipinski definition) is 6. The average molecular weight is 351 g/mol. The van der Waals surface area contributed by atoms with Gasteiger partial charge in [-0.2, -0.15) is 15.3 Å². The van der Waals surface area contributed by atoms with Crippen LogP contribution in [0.25, 0.3) is 22.0 Å². The largest absolute Gasteiger partial charge is 0.375 e. The highest BCUT2D eigenvalue weighted by Gasteiger charge is 2.18. The number of morpholine rings is 1. The predicted octanol–water partition coefficient (Wildman–Crippen LogP) is 1.52. The zero-order valence-electron chi connectivity index (χ0n) is 14.7. The highest BCUT2D eigenvalue weighted by atomic mass is 16.5. The van der Waals surface area contributed by atoms with Gasteiger partial charge < -0.3 is 10.1 Å². The lowest BCUT2D eigenvalue weighted by molar-refractivity contribution is -0.121. The highest BCUT2D eigenvalue weighted by molar-refractivity contribution is 5.86. The molecule has 0 spiro atoms. The Balaban J connectivity index is 1.51. The van der Waals surface area contributed by atoms with Crippen LogP contribution in [0.3, 0.4) is 0 Å². The number of nitrogens with one attached hydrogen (secondary N) is 1. The van der Waals surface area contributed by atoms with E-state index < -0.39 is 0 Å². The molecule has 26 heavy (non-hydrogen) atoms. The molecule has 1 N–H and O–H groups in total. The summed E-state index contributed by atoms with van der Waals surface area (Å²) in [6.07, 6.45) is 4.45. The van der Waals surface area contributed by atoms with Gasteiger partial charge in [0.15, 0.2) is 0 Å². The van der Waals surface area contributed by atoms with E-state index in [9.17, 15) is 4.79 Å². The molecule has 3 heterocycles. The van der Waals surface area contributed by atoms with Crippen molar-refractivity contribution in [1.82, 2.24) is 25.3 Å². The van der Waals surface area contributed by atoms with Gasteiger partial charge in [0, 0.05) is 43.7 Å². The van der Waals surface area contributed by atoms with Gasteiger partial charge >= 0.3 is 0 Å². The van der Waals surface area contributed by atoms with Gasteiger partial charge in [0.1, 0.15) is 5.78 Å². The number of aromatic nitrogens is 4. The van der Waals surface area contributed by atoms with Crippen LogP contribution in [0.15, 0.2) is 36.7 Å². The molecule has 1 fully saturated rings. The third-order valence-electron chi connectivity index (χ3n) is 4.51. The molecule has 134 valence electrons. The second-order valence-electron chi connectivity index (χ2n) is 6.63. The Labute approximate surface area is 151 Å². The minimum Gasteiger partial charge on any atom is -0.375 e. The second-order valence-corrected chi connectivity index (χ2v) is 6.63. The molecule has 1 aromatic carbocycles. The Bertz CT molecular complexity index is 931. The highest BCUT2D eigenvalue weighted by Crippen LogP contribution is 2.23. The molecule has 1 aliphatic heterocycles. The first kappa shape index (κ1) is 16.8. The topological polar surface area (TPSA) is 81.9 Å². The zero-order chi connectivity index (χ0) is 17.9. The summed E-state index contributed by atoms with van der Waals surface area (Å²) in [6, 6.07) is 7.95. The smallest absolute Gasteiger partial charge is 0.141 e. The van der Waals surface area contributed by atoms with E-state index in [2.05, 4.69) is 26.7 Å². The monoisotopic (exact) mass is 351 g/mol. The first-order chi connectivity index (χ1) is 12.7. The number of ether oxygens (including phenoxy) is 1. The molecule has 2 aromatic heterocycles. The number of aryl methyl sites for hydroxylation is 1. The summed E-state index contributed by atoms with van der Waals surface area (Å²) in [5.74, 6) is 0.121. The predicted molar refractivity (Wildman–Crippen MR) is 97.7 cm³/mol. The van der Waals surface area contributed by atoms with Crippen molar-refractivity contribution in [1.29, 1.82) is 0 Å². The van der Waals surface area contributed by atoms with Crippen LogP contribution in [0.2, 0.25) is 0 Å². The fourth-order valence-corrected chi connectivity index (χ4v) is 3.20. The Morgan fingerprint density at radius 1 is 1.31 bits per heavy atom. The van der Waals surface area contributed by atoms with Crippen molar-refractivity contribution in [3.8, 4) is 11.1 Å². The summed E-state index contributed by atoms with van der Waals surface area (Å²) in [7, 11) is 1.89. The molecule has 7 heteroatoms.